The van der Waals surface area contributed by atoms with E-state index in [9.17, 15) is 4.79 Å². The Morgan fingerprint density at radius 2 is 2.25 bits per heavy atom. The molecule has 0 spiro atoms. The van der Waals surface area contributed by atoms with Crippen molar-refractivity contribution in [2.75, 3.05) is 0 Å². The van der Waals surface area contributed by atoms with Gasteiger partial charge in [0.25, 0.3) is 0 Å². The van der Waals surface area contributed by atoms with Crippen molar-refractivity contribution in [2.24, 2.45) is 0 Å². The number of nitrogens with zero attached hydrogens (tertiary/aromatic N) is 1. The van der Waals surface area contributed by atoms with Crippen molar-refractivity contribution in [3.05, 3.63) is 40.4 Å². The molecule has 4 heteroatoms. The average Bonchev–Trinajstić information content (AvgIpc) is 2.27. The summed E-state index contributed by atoms with van der Waals surface area (Å²) in [5.41, 5.74) is 1.93. The smallest absolute Gasteiger partial charge is 0.183 e. The molecule has 0 aromatic carbocycles. The number of imidazole rings is 1. The lowest BCUT2D eigenvalue weighted by Crippen LogP contribution is -1.97. The number of hydrogen-bond donors (Lipinski definition) is 1. The number of rotatable bonds is 0. The molecule has 0 atom stereocenters. The highest BCUT2D eigenvalue weighted by molar-refractivity contribution is 5.85. The van der Waals surface area contributed by atoms with Crippen LogP contribution in [0.5, 0.6) is 0 Å². The lowest BCUT2D eigenvalue weighted by molar-refractivity contribution is 1.17. The van der Waals surface area contributed by atoms with E-state index < -0.39 is 0 Å². The van der Waals surface area contributed by atoms with E-state index in [2.05, 4.69) is 4.98 Å². The van der Waals surface area contributed by atoms with Crippen LogP contribution < -0.4 is 5.43 Å². The molecule has 0 amide bonds. The van der Waals surface area contributed by atoms with E-state index in [1.54, 1.807) is 18.3 Å². The van der Waals surface area contributed by atoms with Gasteiger partial charge in [0.1, 0.15) is 5.65 Å². The van der Waals surface area contributed by atoms with Crippen molar-refractivity contribution in [3.63, 3.8) is 0 Å². The first-order valence-electron chi connectivity index (χ1n) is 3.43. The molecule has 0 bridgehead atoms. The van der Waals surface area contributed by atoms with Gasteiger partial charge in [0.05, 0.1) is 0 Å². The fraction of sp³-hybridized carbons (Fsp3) is 0.125. The number of fused-ring (bicyclic) bond motifs is 1. The normalized spacial score (nSPS) is 9.75. The standard InChI is InChI=1S/C8H8N2O.ClH/c1-6-5-10-3-2-7(11)4-8(10)9-6;/h2-5,9H,1H3;1H. The Bertz CT molecular complexity index is 443. The van der Waals surface area contributed by atoms with Crippen LogP contribution in [0.15, 0.2) is 29.3 Å². The average molecular weight is 185 g/mol. The molecule has 2 aromatic rings. The Morgan fingerprint density at radius 1 is 1.50 bits per heavy atom. The molecule has 0 saturated heterocycles. The summed E-state index contributed by atoms with van der Waals surface area (Å²) < 4.78 is 1.89. The van der Waals surface area contributed by atoms with Crippen molar-refractivity contribution in [1.82, 2.24) is 9.38 Å². The SMILES string of the molecule is Cc1cn2ccc(=O)cc2[nH]1.Cl. The van der Waals surface area contributed by atoms with E-state index in [0.717, 1.165) is 11.3 Å². The number of aromatic amines is 1. The van der Waals surface area contributed by atoms with Crippen molar-refractivity contribution >= 4 is 18.1 Å². The van der Waals surface area contributed by atoms with Gasteiger partial charge in [0.15, 0.2) is 5.43 Å². The van der Waals surface area contributed by atoms with Crippen molar-refractivity contribution in [1.29, 1.82) is 0 Å². The van der Waals surface area contributed by atoms with Crippen LogP contribution >= 0.6 is 12.4 Å². The zero-order valence-electron chi connectivity index (χ0n) is 6.57. The maximum Gasteiger partial charge on any atom is 0.183 e. The van der Waals surface area contributed by atoms with E-state index in [0.29, 0.717) is 0 Å². The minimum Gasteiger partial charge on any atom is -0.344 e. The van der Waals surface area contributed by atoms with E-state index in [4.69, 9.17) is 0 Å². The summed E-state index contributed by atoms with van der Waals surface area (Å²) in [6.45, 7) is 1.96. The first-order chi connectivity index (χ1) is 5.25. The summed E-state index contributed by atoms with van der Waals surface area (Å²) in [6.07, 6.45) is 3.69. The number of hydrogen-bond acceptors (Lipinski definition) is 1. The second-order valence-electron chi connectivity index (χ2n) is 2.59. The summed E-state index contributed by atoms with van der Waals surface area (Å²) >= 11 is 0. The van der Waals surface area contributed by atoms with Crippen molar-refractivity contribution in [2.45, 2.75) is 6.92 Å². The summed E-state index contributed by atoms with van der Waals surface area (Å²) in [5, 5.41) is 0. The molecule has 0 unspecified atom stereocenters. The second-order valence-corrected chi connectivity index (χ2v) is 2.59. The predicted molar refractivity (Wildman–Crippen MR) is 50.0 cm³/mol. The lowest BCUT2D eigenvalue weighted by Gasteiger charge is -1.87. The van der Waals surface area contributed by atoms with E-state index in [-0.39, 0.29) is 17.8 Å². The summed E-state index contributed by atoms with van der Waals surface area (Å²) in [6, 6.07) is 3.12. The molecule has 2 heterocycles. The molecule has 0 fully saturated rings. The molecule has 2 aromatic heterocycles. The van der Waals surface area contributed by atoms with Crippen LogP contribution in [0.1, 0.15) is 5.69 Å². The maximum atomic E-state index is 10.9. The quantitative estimate of drug-likeness (QED) is 0.660. The third kappa shape index (κ3) is 1.36. The molecule has 3 nitrogen and oxygen atoms in total. The third-order valence-corrected chi connectivity index (χ3v) is 1.61. The molecule has 1 N–H and O–H groups in total. The van der Waals surface area contributed by atoms with Gasteiger partial charge in [-0.3, -0.25) is 4.79 Å². The van der Waals surface area contributed by atoms with E-state index >= 15 is 0 Å². The predicted octanol–water partition coefficient (Wildman–Crippen LogP) is 1.36. The van der Waals surface area contributed by atoms with Crippen molar-refractivity contribution < 1.29 is 0 Å². The minimum atomic E-state index is 0. The Kier molecular flexibility index (Phi) is 2.24. The molecule has 0 radical (unpaired) electrons. The first-order valence-corrected chi connectivity index (χ1v) is 3.43. The molecule has 64 valence electrons. The summed E-state index contributed by atoms with van der Waals surface area (Å²) in [4.78, 5) is 13.9. The van der Waals surface area contributed by atoms with Crippen LogP contribution in [0.2, 0.25) is 0 Å². The van der Waals surface area contributed by atoms with Crippen LogP contribution in [0.3, 0.4) is 0 Å². The fourth-order valence-electron chi connectivity index (χ4n) is 1.15. The number of halogens is 1. The minimum absolute atomic E-state index is 0. The summed E-state index contributed by atoms with van der Waals surface area (Å²) in [5.74, 6) is 0. The maximum absolute atomic E-state index is 10.9. The molecular formula is C8H9ClN2O. The van der Waals surface area contributed by atoms with Gasteiger partial charge in [0, 0.05) is 30.2 Å². The molecule has 12 heavy (non-hydrogen) atoms. The van der Waals surface area contributed by atoms with Crippen LogP contribution in [0, 0.1) is 6.92 Å². The van der Waals surface area contributed by atoms with Gasteiger partial charge in [0.2, 0.25) is 0 Å². The van der Waals surface area contributed by atoms with Gasteiger partial charge in [-0.05, 0) is 6.92 Å². The van der Waals surface area contributed by atoms with Crippen LogP contribution in [0.4, 0.5) is 0 Å². The van der Waals surface area contributed by atoms with Crippen LogP contribution in [-0.4, -0.2) is 9.38 Å². The number of nitrogens with one attached hydrogen (secondary N) is 1. The van der Waals surface area contributed by atoms with Crippen LogP contribution in [0.25, 0.3) is 5.65 Å². The highest BCUT2D eigenvalue weighted by Gasteiger charge is 1.93. The first kappa shape index (κ1) is 8.87. The van der Waals surface area contributed by atoms with Gasteiger partial charge < -0.3 is 9.38 Å². The monoisotopic (exact) mass is 184 g/mol. The zero-order valence-corrected chi connectivity index (χ0v) is 7.39. The fourth-order valence-corrected chi connectivity index (χ4v) is 1.15. The zero-order chi connectivity index (χ0) is 7.84. The van der Waals surface area contributed by atoms with Crippen LogP contribution in [-0.2, 0) is 0 Å². The highest BCUT2D eigenvalue weighted by Crippen LogP contribution is 1.99. The highest BCUT2D eigenvalue weighted by atomic mass is 35.5. The van der Waals surface area contributed by atoms with Gasteiger partial charge in [-0.25, -0.2) is 0 Å². The third-order valence-electron chi connectivity index (χ3n) is 1.61. The van der Waals surface area contributed by atoms with Crippen molar-refractivity contribution in [3.8, 4) is 0 Å². The van der Waals surface area contributed by atoms with Gasteiger partial charge in [-0.2, -0.15) is 0 Å². The molecular weight excluding hydrogens is 176 g/mol. The Balaban J connectivity index is 0.000000720. The molecule has 2 rings (SSSR count). The summed E-state index contributed by atoms with van der Waals surface area (Å²) in [7, 11) is 0. The largest absolute Gasteiger partial charge is 0.344 e. The van der Waals surface area contributed by atoms with E-state index in [1.807, 2.05) is 17.5 Å². The Labute approximate surface area is 75.4 Å². The molecule has 0 aliphatic rings. The molecule has 0 aliphatic heterocycles. The van der Waals surface area contributed by atoms with E-state index in [1.165, 1.54) is 0 Å². The molecule has 0 saturated carbocycles. The van der Waals surface area contributed by atoms with Gasteiger partial charge in [-0.15, -0.1) is 12.4 Å². The Morgan fingerprint density at radius 3 is 3.00 bits per heavy atom. The van der Waals surface area contributed by atoms with Gasteiger partial charge in [-0.1, -0.05) is 0 Å². The second kappa shape index (κ2) is 3.03. The lowest BCUT2D eigenvalue weighted by atomic mass is 10.5. The topological polar surface area (TPSA) is 37.3 Å². The number of pyridine rings is 1. The van der Waals surface area contributed by atoms with Gasteiger partial charge >= 0.3 is 0 Å². The number of aromatic nitrogens is 2. The number of H-pyrrole nitrogens is 1. The molecule has 0 aliphatic carbocycles. The number of aryl methyl sites for hydroxylation is 1. The Hall–Kier alpha value is -1.22.